The van der Waals surface area contributed by atoms with E-state index in [9.17, 15) is 0 Å². The fourth-order valence-electron chi connectivity index (χ4n) is 2.67. The van der Waals surface area contributed by atoms with Gasteiger partial charge in [0.1, 0.15) is 17.5 Å². The Labute approximate surface area is 123 Å². The van der Waals surface area contributed by atoms with Crippen LogP contribution in [0.3, 0.4) is 0 Å². The van der Waals surface area contributed by atoms with Crippen molar-refractivity contribution in [3.05, 3.63) is 33.8 Å². The summed E-state index contributed by atoms with van der Waals surface area (Å²) in [5.74, 6) is 2.67. The summed E-state index contributed by atoms with van der Waals surface area (Å²) in [6.07, 6.45) is 4.48. The summed E-state index contributed by atoms with van der Waals surface area (Å²) in [5.41, 5.74) is 1.45. The highest BCUT2D eigenvalue weighted by molar-refractivity contribution is 7.10. The molecule has 2 aromatic rings. The zero-order valence-electron chi connectivity index (χ0n) is 11.9. The molecule has 3 rings (SSSR count). The van der Waals surface area contributed by atoms with E-state index < -0.39 is 0 Å². The van der Waals surface area contributed by atoms with Crippen LogP contribution in [0.4, 0.5) is 11.6 Å². The summed E-state index contributed by atoms with van der Waals surface area (Å²) in [4.78, 5) is 10.6. The number of anilines is 2. The van der Waals surface area contributed by atoms with Crippen molar-refractivity contribution in [3.63, 3.8) is 0 Å². The first kappa shape index (κ1) is 13.4. The lowest BCUT2D eigenvalue weighted by Gasteiger charge is -2.24. The molecule has 0 radical (unpaired) electrons. The molecule has 1 aliphatic rings. The zero-order valence-corrected chi connectivity index (χ0v) is 12.8. The van der Waals surface area contributed by atoms with E-state index in [1.54, 1.807) is 0 Å². The first-order valence-corrected chi connectivity index (χ1v) is 8.06. The summed E-state index contributed by atoms with van der Waals surface area (Å²) in [6, 6.07) is 4.62. The number of aromatic nitrogens is 2. The maximum absolute atomic E-state index is 4.59. The van der Waals surface area contributed by atoms with Gasteiger partial charge in [-0.25, -0.2) is 9.97 Å². The lowest BCUT2D eigenvalue weighted by atomic mass is 9.94. The van der Waals surface area contributed by atoms with Crippen LogP contribution in [0.15, 0.2) is 17.5 Å². The molecule has 4 nitrogen and oxygen atoms in total. The molecule has 2 N–H and O–H groups in total. The number of hydrogen-bond acceptors (Lipinski definition) is 5. The Bertz CT molecular complexity index is 571. The number of rotatable bonds is 4. The number of hydrogen-bond donors (Lipinski definition) is 2. The normalized spacial score (nSPS) is 17.6. The summed E-state index contributed by atoms with van der Waals surface area (Å²) in [5, 5.41) is 8.89. The molecule has 0 bridgehead atoms. The molecule has 2 heterocycles. The monoisotopic (exact) mass is 288 g/mol. The van der Waals surface area contributed by atoms with Gasteiger partial charge in [-0.15, -0.1) is 11.3 Å². The minimum atomic E-state index is 0.384. The molecular weight excluding hydrogens is 268 g/mol. The number of fused-ring (bicyclic) bond motifs is 1. The highest BCUT2D eigenvalue weighted by atomic mass is 32.1. The van der Waals surface area contributed by atoms with Crippen molar-refractivity contribution in [2.75, 3.05) is 17.7 Å². The average molecular weight is 288 g/mol. The minimum absolute atomic E-state index is 0.384. The average Bonchev–Trinajstić information content (AvgIpc) is 2.96. The SMILES string of the molecule is CCc1nc(NC)cc(NC2CCCc3sccc32)n1. The molecule has 0 saturated heterocycles. The number of nitrogens with zero attached hydrogens (tertiary/aromatic N) is 2. The van der Waals surface area contributed by atoms with E-state index in [2.05, 4.69) is 39.0 Å². The second-order valence-electron chi connectivity index (χ2n) is 5.05. The molecule has 1 atom stereocenters. The lowest BCUT2D eigenvalue weighted by molar-refractivity contribution is 0.606. The second-order valence-corrected chi connectivity index (χ2v) is 6.05. The Kier molecular flexibility index (Phi) is 3.87. The molecule has 1 aliphatic carbocycles. The number of aryl methyl sites for hydroxylation is 2. The smallest absolute Gasteiger partial charge is 0.132 e. The molecule has 106 valence electrons. The summed E-state index contributed by atoms with van der Waals surface area (Å²) in [6.45, 7) is 2.08. The predicted molar refractivity (Wildman–Crippen MR) is 84.6 cm³/mol. The molecule has 0 saturated carbocycles. The van der Waals surface area contributed by atoms with Gasteiger partial charge >= 0.3 is 0 Å². The van der Waals surface area contributed by atoms with Crippen LogP contribution >= 0.6 is 11.3 Å². The van der Waals surface area contributed by atoms with Gasteiger partial charge in [-0.1, -0.05) is 6.92 Å². The molecule has 0 aliphatic heterocycles. The Morgan fingerprint density at radius 1 is 1.35 bits per heavy atom. The third-order valence-electron chi connectivity index (χ3n) is 3.72. The van der Waals surface area contributed by atoms with E-state index in [0.29, 0.717) is 6.04 Å². The lowest BCUT2D eigenvalue weighted by Crippen LogP contribution is -2.17. The van der Waals surface area contributed by atoms with E-state index >= 15 is 0 Å². The molecule has 0 amide bonds. The van der Waals surface area contributed by atoms with Crippen LogP contribution in [0.5, 0.6) is 0 Å². The van der Waals surface area contributed by atoms with Crippen LogP contribution in [0.2, 0.25) is 0 Å². The molecule has 0 aromatic carbocycles. The van der Waals surface area contributed by atoms with E-state index in [0.717, 1.165) is 23.9 Å². The van der Waals surface area contributed by atoms with E-state index in [4.69, 9.17) is 0 Å². The zero-order chi connectivity index (χ0) is 13.9. The van der Waals surface area contributed by atoms with Gasteiger partial charge < -0.3 is 10.6 Å². The molecule has 20 heavy (non-hydrogen) atoms. The molecule has 1 unspecified atom stereocenters. The Morgan fingerprint density at radius 2 is 2.20 bits per heavy atom. The van der Waals surface area contributed by atoms with Gasteiger partial charge in [0.25, 0.3) is 0 Å². The first-order chi connectivity index (χ1) is 9.80. The van der Waals surface area contributed by atoms with Crippen LogP contribution in [0.1, 0.15) is 42.1 Å². The van der Waals surface area contributed by atoms with Gasteiger partial charge in [0.05, 0.1) is 6.04 Å². The van der Waals surface area contributed by atoms with Crippen molar-refractivity contribution in [2.45, 2.75) is 38.6 Å². The third-order valence-corrected chi connectivity index (χ3v) is 4.72. The first-order valence-electron chi connectivity index (χ1n) is 7.18. The third kappa shape index (κ3) is 2.63. The predicted octanol–water partition coefficient (Wildman–Crippen LogP) is 3.63. The topological polar surface area (TPSA) is 49.8 Å². The minimum Gasteiger partial charge on any atom is -0.373 e. The summed E-state index contributed by atoms with van der Waals surface area (Å²) >= 11 is 1.87. The van der Waals surface area contributed by atoms with Crippen LogP contribution in [-0.4, -0.2) is 17.0 Å². The van der Waals surface area contributed by atoms with E-state index in [1.807, 2.05) is 24.5 Å². The van der Waals surface area contributed by atoms with Crippen LogP contribution in [0.25, 0.3) is 0 Å². The molecule has 0 spiro atoms. The summed E-state index contributed by atoms with van der Waals surface area (Å²) in [7, 11) is 1.89. The molecular formula is C15H20N4S. The Balaban J connectivity index is 1.85. The van der Waals surface area contributed by atoms with Gasteiger partial charge in [-0.3, -0.25) is 0 Å². The van der Waals surface area contributed by atoms with Crippen molar-refractivity contribution in [1.82, 2.24) is 9.97 Å². The van der Waals surface area contributed by atoms with Gasteiger partial charge in [0, 0.05) is 24.4 Å². The number of thiophene rings is 1. The van der Waals surface area contributed by atoms with Crippen molar-refractivity contribution in [2.24, 2.45) is 0 Å². The van der Waals surface area contributed by atoms with Gasteiger partial charge in [-0.2, -0.15) is 0 Å². The van der Waals surface area contributed by atoms with Crippen molar-refractivity contribution >= 4 is 23.0 Å². The largest absolute Gasteiger partial charge is 0.373 e. The fraction of sp³-hybridized carbons (Fsp3) is 0.467. The standard InChI is InChI=1S/C15H20N4S/c1-3-13-18-14(16-2)9-15(19-13)17-11-5-4-6-12-10(11)7-8-20-12/h7-9,11H,3-6H2,1-2H3,(H2,16,17,18,19). The van der Waals surface area contributed by atoms with E-state index in [1.165, 1.54) is 29.7 Å². The maximum Gasteiger partial charge on any atom is 0.132 e. The Morgan fingerprint density at radius 3 is 3.00 bits per heavy atom. The second kappa shape index (κ2) is 5.79. The fourth-order valence-corrected chi connectivity index (χ4v) is 3.66. The quantitative estimate of drug-likeness (QED) is 0.902. The number of nitrogens with one attached hydrogen (secondary N) is 2. The van der Waals surface area contributed by atoms with Crippen molar-refractivity contribution in [3.8, 4) is 0 Å². The molecule has 2 aromatic heterocycles. The molecule has 0 fully saturated rings. The van der Waals surface area contributed by atoms with Crippen LogP contribution in [-0.2, 0) is 12.8 Å². The Hall–Kier alpha value is -1.62. The van der Waals surface area contributed by atoms with Crippen molar-refractivity contribution in [1.29, 1.82) is 0 Å². The summed E-state index contributed by atoms with van der Waals surface area (Å²) < 4.78 is 0. The van der Waals surface area contributed by atoms with E-state index in [-0.39, 0.29) is 0 Å². The highest BCUT2D eigenvalue weighted by Crippen LogP contribution is 2.35. The molecule has 5 heteroatoms. The van der Waals surface area contributed by atoms with Crippen LogP contribution < -0.4 is 10.6 Å². The van der Waals surface area contributed by atoms with Gasteiger partial charge in [0.2, 0.25) is 0 Å². The maximum atomic E-state index is 4.59. The van der Waals surface area contributed by atoms with Gasteiger partial charge in [0.15, 0.2) is 0 Å². The highest BCUT2D eigenvalue weighted by Gasteiger charge is 2.21. The van der Waals surface area contributed by atoms with Crippen molar-refractivity contribution < 1.29 is 0 Å². The van der Waals surface area contributed by atoms with Gasteiger partial charge in [-0.05, 0) is 36.3 Å². The van der Waals surface area contributed by atoms with Crippen LogP contribution in [0, 0.1) is 0 Å².